The molecule has 2 aliphatic rings. The van der Waals surface area contributed by atoms with Gasteiger partial charge in [-0.15, -0.1) is 0 Å². The van der Waals surface area contributed by atoms with Crippen LogP contribution in [0.5, 0.6) is 0 Å². The molecule has 0 amide bonds. The van der Waals surface area contributed by atoms with Crippen LogP contribution in [0.3, 0.4) is 0 Å². The van der Waals surface area contributed by atoms with Gasteiger partial charge in [0.05, 0.1) is 4.70 Å². The summed E-state index contributed by atoms with van der Waals surface area (Å²) in [6.07, 6.45) is 6.42. The number of anilines is 1. The summed E-state index contributed by atoms with van der Waals surface area (Å²) in [5, 5.41) is 1.28. The highest BCUT2D eigenvalue weighted by Gasteiger charge is 2.26. The number of hydrogen-bond acceptors (Lipinski definition) is 7. The molecule has 2 aromatic heterocycles. The maximum absolute atomic E-state index is 12.5. The molecular formula is C27H33N3O3S. The molecule has 7 heteroatoms. The first-order valence-electron chi connectivity index (χ1n) is 12.5. The van der Waals surface area contributed by atoms with Crippen molar-refractivity contribution in [3.05, 3.63) is 47.9 Å². The van der Waals surface area contributed by atoms with E-state index >= 15 is 0 Å². The van der Waals surface area contributed by atoms with Crippen molar-refractivity contribution >= 4 is 39.0 Å². The van der Waals surface area contributed by atoms with Crippen molar-refractivity contribution in [1.82, 2.24) is 9.27 Å². The summed E-state index contributed by atoms with van der Waals surface area (Å²) in [4.78, 5) is 29.0. The third-order valence-corrected chi connectivity index (χ3v) is 8.37. The Hall–Kier alpha value is -2.51. The van der Waals surface area contributed by atoms with Crippen LogP contribution in [-0.2, 0) is 0 Å². The summed E-state index contributed by atoms with van der Waals surface area (Å²) in [5.41, 5.74) is 0. The van der Waals surface area contributed by atoms with Gasteiger partial charge in [0.25, 0.3) is 0 Å². The van der Waals surface area contributed by atoms with E-state index in [1.807, 2.05) is 0 Å². The van der Waals surface area contributed by atoms with E-state index in [1.165, 1.54) is 42.8 Å². The molecule has 0 atom stereocenters. The number of benzene rings is 1. The van der Waals surface area contributed by atoms with Crippen molar-refractivity contribution in [1.29, 1.82) is 0 Å². The molecule has 0 unspecified atom stereocenters. The number of furan rings is 1. The fraction of sp³-hybridized carbons (Fsp3) is 0.519. The number of fused-ring (bicyclic) bond motifs is 1. The minimum atomic E-state index is -0.141. The van der Waals surface area contributed by atoms with Crippen molar-refractivity contribution in [2.24, 2.45) is 11.8 Å². The van der Waals surface area contributed by atoms with E-state index in [2.05, 4.69) is 34.1 Å². The highest BCUT2D eigenvalue weighted by Crippen LogP contribution is 2.34. The largest absolute Gasteiger partial charge is 0.450 e. The maximum atomic E-state index is 12.5. The SMILES string of the molecule is CC(=O)c1ccc(C(=O)CC2CCC(CCN3CCN(c4nsc5ccccc45)CC3)CC2)o1. The molecule has 0 spiro atoms. The van der Waals surface area contributed by atoms with Crippen molar-refractivity contribution in [2.45, 2.75) is 45.4 Å². The van der Waals surface area contributed by atoms with Crippen molar-refractivity contribution in [3.63, 3.8) is 0 Å². The first kappa shape index (κ1) is 23.2. The van der Waals surface area contributed by atoms with Gasteiger partial charge >= 0.3 is 0 Å². The maximum Gasteiger partial charge on any atom is 0.198 e. The predicted octanol–water partition coefficient (Wildman–Crippen LogP) is 5.68. The van der Waals surface area contributed by atoms with Crippen LogP contribution in [0.1, 0.15) is 66.6 Å². The van der Waals surface area contributed by atoms with Gasteiger partial charge in [-0.2, -0.15) is 4.37 Å². The molecule has 3 aromatic rings. The zero-order valence-electron chi connectivity index (χ0n) is 19.9. The van der Waals surface area contributed by atoms with Gasteiger partial charge in [-0.05, 0) is 73.4 Å². The van der Waals surface area contributed by atoms with Crippen LogP contribution in [0, 0.1) is 11.8 Å². The first-order valence-corrected chi connectivity index (χ1v) is 13.3. The highest BCUT2D eigenvalue weighted by molar-refractivity contribution is 7.13. The van der Waals surface area contributed by atoms with Gasteiger partial charge in [0, 0.05) is 44.9 Å². The van der Waals surface area contributed by atoms with E-state index < -0.39 is 0 Å². The Morgan fingerprint density at radius 1 is 0.971 bits per heavy atom. The number of hydrogen-bond donors (Lipinski definition) is 0. The molecule has 2 fully saturated rings. The second-order valence-corrected chi connectivity index (χ2v) is 10.7. The molecule has 1 aliphatic carbocycles. The number of carbonyl (C=O) groups excluding carboxylic acids is 2. The van der Waals surface area contributed by atoms with Crippen LogP contribution in [0.2, 0.25) is 0 Å². The second-order valence-electron chi connectivity index (χ2n) is 9.85. The predicted molar refractivity (Wildman–Crippen MR) is 136 cm³/mol. The summed E-state index contributed by atoms with van der Waals surface area (Å²) in [6.45, 7) is 6.90. The molecule has 0 radical (unpaired) electrons. The smallest absolute Gasteiger partial charge is 0.198 e. The van der Waals surface area contributed by atoms with Gasteiger partial charge in [0.2, 0.25) is 0 Å². The van der Waals surface area contributed by atoms with Crippen LogP contribution >= 0.6 is 11.5 Å². The van der Waals surface area contributed by atoms with E-state index in [1.54, 1.807) is 23.7 Å². The minimum Gasteiger partial charge on any atom is -0.450 e. The van der Waals surface area contributed by atoms with Crippen LogP contribution in [0.4, 0.5) is 5.82 Å². The summed E-state index contributed by atoms with van der Waals surface area (Å²) in [5.74, 6) is 2.84. The molecule has 1 saturated carbocycles. The lowest BCUT2D eigenvalue weighted by atomic mass is 9.78. The average Bonchev–Trinajstić information content (AvgIpc) is 3.52. The molecule has 5 rings (SSSR count). The van der Waals surface area contributed by atoms with Crippen molar-refractivity contribution < 1.29 is 14.0 Å². The summed E-state index contributed by atoms with van der Waals surface area (Å²) < 4.78 is 11.4. The molecule has 1 aliphatic heterocycles. The van der Waals surface area contributed by atoms with Crippen LogP contribution < -0.4 is 4.90 Å². The molecule has 0 bridgehead atoms. The fourth-order valence-electron chi connectivity index (χ4n) is 5.41. The molecule has 1 saturated heterocycles. The number of piperazine rings is 1. The van der Waals surface area contributed by atoms with E-state index in [9.17, 15) is 9.59 Å². The summed E-state index contributed by atoms with van der Waals surface area (Å²) in [6, 6.07) is 11.8. The zero-order chi connectivity index (χ0) is 23.5. The van der Waals surface area contributed by atoms with Crippen molar-refractivity contribution in [3.8, 4) is 0 Å². The topological polar surface area (TPSA) is 66.7 Å². The Morgan fingerprint density at radius 3 is 2.41 bits per heavy atom. The van der Waals surface area contributed by atoms with Gasteiger partial charge in [-0.1, -0.05) is 25.0 Å². The monoisotopic (exact) mass is 479 g/mol. The first-order chi connectivity index (χ1) is 16.6. The van der Waals surface area contributed by atoms with Gasteiger partial charge in [-0.25, -0.2) is 0 Å². The van der Waals surface area contributed by atoms with E-state index in [0.717, 1.165) is 50.8 Å². The molecule has 3 heterocycles. The van der Waals surface area contributed by atoms with E-state index in [0.29, 0.717) is 18.1 Å². The molecule has 180 valence electrons. The van der Waals surface area contributed by atoms with E-state index in [4.69, 9.17) is 8.79 Å². The third-order valence-electron chi connectivity index (χ3n) is 7.55. The Balaban J connectivity index is 1.02. The van der Waals surface area contributed by atoms with Gasteiger partial charge in [0.1, 0.15) is 5.82 Å². The number of carbonyl (C=O) groups is 2. The van der Waals surface area contributed by atoms with Crippen LogP contribution in [-0.4, -0.2) is 53.6 Å². The normalized spacial score (nSPS) is 21.7. The Bertz CT molecular complexity index is 1140. The van der Waals surface area contributed by atoms with Crippen LogP contribution in [0.25, 0.3) is 10.1 Å². The highest BCUT2D eigenvalue weighted by atomic mass is 32.1. The zero-order valence-corrected chi connectivity index (χ0v) is 20.7. The van der Waals surface area contributed by atoms with Gasteiger partial charge < -0.3 is 9.32 Å². The number of ketones is 2. The van der Waals surface area contributed by atoms with Crippen molar-refractivity contribution in [2.75, 3.05) is 37.6 Å². The lowest BCUT2D eigenvalue weighted by molar-refractivity contribution is 0.0906. The van der Waals surface area contributed by atoms with Gasteiger partial charge in [-0.3, -0.25) is 14.5 Å². The Labute approximate surface area is 205 Å². The molecular weight excluding hydrogens is 446 g/mol. The number of nitrogens with zero attached hydrogens (tertiary/aromatic N) is 3. The van der Waals surface area contributed by atoms with Crippen LogP contribution in [0.15, 0.2) is 40.8 Å². The minimum absolute atomic E-state index is 0.0294. The number of rotatable bonds is 8. The second kappa shape index (κ2) is 10.4. The number of aromatic nitrogens is 1. The van der Waals surface area contributed by atoms with Gasteiger partial charge in [0.15, 0.2) is 23.1 Å². The lowest BCUT2D eigenvalue weighted by Gasteiger charge is -2.36. The summed E-state index contributed by atoms with van der Waals surface area (Å²) >= 11 is 1.60. The average molecular weight is 480 g/mol. The standard InChI is InChI=1S/C27H33N3O3S/c1-19(31)24-10-11-25(33-24)23(32)18-21-8-6-20(7-9-21)12-13-29-14-16-30(17-15-29)27-22-4-2-3-5-26(22)34-28-27/h2-5,10-11,20-21H,6-9,12-18H2,1H3. The molecule has 34 heavy (non-hydrogen) atoms. The Morgan fingerprint density at radius 2 is 1.68 bits per heavy atom. The molecule has 1 aromatic carbocycles. The third kappa shape index (κ3) is 5.26. The van der Waals surface area contributed by atoms with E-state index in [-0.39, 0.29) is 17.3 Å². The Kier molecular flexibility index (Phi) is 7.11. The molecule has 6 nitrogen and oxygen atoms in total. The molecule has 0 N–H and O–H groups in total. The number of Topliss-reactive ketones (excluding diaryl/α,β-unsaturated/α-hetero) is 2. The fourth-order valence-corrected chi connectivity index (χ4v) is 6.21. The lowest BCUT2D eigenvalue weighted by Crippen LogP contribution is -2.47. The quantitative estimate of drug-likeness (QED) is 0.387. The summed E-state index contributed by atoms with van der Waals surface area (Å²) in [7, 11) is 0.